The van der Waals surface area contributed by atoms with Crippen molar-refractivity contribution in [2.24, 2.45) is 0 Å². The van der Waals surface area contributed by atoms with Gasteiger partial charge < -0.3 is 18.9 Å². The lowest BCUT2D eigenvalue weighted by Gasteiger charge is -2.34. The van der Waals surface area contributed by atoms with Crippen LogP contribution in [-0.2, 0) is 0 Å². The molecule has 10 aromatic rings. The number of rotatable bonds is 4. The number of furan rings is 1. The molecule has 2 N–H and O–H groups in total. The second-order valence-corrected chi connectivity index (χ2v) is 13.4. The molecule has 51 heavy (non-hydrogen) atoms. The molecule has 5 nitrogen and oxygen atoms in total. The molecule has 0 saturated heterocycles. The van der Waals surface area contributed by atoms with Gasteiger partial charge in [-0.1, -0.05) is 121 Å². The average Bonchev–Trinajstić information content (AvgIpc) is 3.85. The molecule has 11 rings (SSSR count). The van der Waals surface area contributed by atoms with E-state index in [0.29, 0.717) is 0 Å². The standard InChI is InChI=1S/C46H32N4O/c1-4-14-29(15-5-1)38-27-39(30-16-6-2-7-17-30)48-46(47-38)50-40-22-12-10-20-32(40)36-26-37-34-24-25-35-33-21-11-13-23-43(33)51-45(35)44(34)49(41(37)28-42(36)50)31-18-8-3-9-19-31/h1-28,38,46-48H. The number of hydrogen-bond acceptors (Lipinski definition) is 3. The molecule has 2 atom stereocenters. The summed E-state index contributed by atoms with van der Waals surface area (Å²) >= 11 is 0. The lowest BCUT2D eigenvalue weighted by Crippen LogP contribution is -2.43. The Labute approximate surface area is 293 Å². The summed E-state index contributed by atoms with van der Waals surface area (Å²) in [6, 6.07) is 58.4. The molecule has 2 unspecified atom stereocenters. The Kier molecular flexibility index (Phi) is 6.09. The molecule has 0 spiro atoms. The molecule has 4 heterocycles. The van der Waals surface area contributed by atoms with Crippen molar-refractivity contribution in [2.45, 2.75) is 12.3 Å². The molecule has 0 amide bonds. The highest BCUT2D eigenvalue weighted by Crippen LogP contribution is 2.43. The van der Waals surface area contributed by atoms with Crippen molar-refractivity contribution < 1.29 is 4.42 Å². The van der Waals surface area contributed by atoms with Gasteiger partial charge in [0.1, 0.15) is 5.58 Å². The average molecular weight is 657 g/mol. The van der Waals surface area contributed by atoms with Crippen LogP contribution in [0.1, 0.15) is 23.5 Å². The molecule has 0 aliphatic carbocycles. The number of para-hydroxylation sites is 3. The Bertz CT molecular complexity index is 2970. The van der Waals surface area contributed by atoms with Gasteiger partial charge in [-0.15, -0.1) is 0 Å². The van der Waals surface area contributed by atoms with Crippen molar-refractivity contribution in [3.8, 4) is 5.69 Å². The predicted octanol–water partition coefficient (Wildman–Crippen LogP) is 11.2. The largest absolute Gasteiger partial charge is 0.454 e. The predicted molar refractivity (Wildman–Crippen MR) is 210 cm³/mol. The quantitative estimate of drug-likeness (QED) is 0.198. The highest BCUT2D eigenvalue weighted by molar-refractivity contribution is 6.24. The van der Waals surface area contributed by atoms with Crippen molar-refractivity contribution in [2.75, 3.05) is 0 Å². The molecule has 0 bridgehead atoms. The smallest absolute Gasteiger partial charge is 0.160 e. The first-order valence-electron chi connectivity index (χ1n) is 17.5. The maximum atomic E-state index is 6.68. The van der Waals surface area contributed by atoms with Crippen molar-refractivity contribution in [3.63, 3.8) is 0 Å². The fraction of sp³-hybridized carbons (Fsp3) is 0.0435. The third kappa shape index (κ3) is 4.25. The van der Waals surface area contributed by atoms with Gasteiger partial charge in [-0.25, -0.2) is 0 Å². The summed E-state index contributed by atoms with van der Waals surface area (Å²) in [5.41, 5.74) is 10.9. The Hall–Kier alpha value is -6.56. The molecule has 0 saturated carbocycles. The van der Waals surface area contributed by atoms with Gasteiger partial charge in [0.2, 0.25) is 0 Å². The van der Waals surface area contributed by atoms with E-state index in [4.69, 9.17) is 4.42 Å². The normalized spacial score (nSPS) is 16.4. The molecular weight excluding hydrogens is 625 g/mol. The lowest BCUT2D eigenvalue weighted by atomic mass is 10.0. The second kappa shape index (κ2) is 11.0. The Morgan fingerprint density at radius 1 is 0.510 bits per heavy atom. The second-order valence-electron chi connectivity index (χ2n) is 13.4. The van der Waals surface area contributed by atoms with Crippen LogP contribution in [0.25, 0.3) is 76.9 Å². The molecular formula is C46H32N4O. The van der Waals surface area contributed by atoms with E-state index in [1.165, 1.54) is 32.6 Å². The van der Waals surface area contributed by atoms with Crippen LogP contribution in [0.3, 0.4) is 0 Å². The van der Waals surface area contributed by atoms with E-state index in [1.54, 1.807) is 0 Å². The van der Waals surface area contributed by atoms with E-state index in [2.05, 4.69) is 184 Å². The van der Waals surface area contributed by atoms with Crippen molar-refractivity contribution in [1.29, 1.82) is 0 Å². The number of nitrogens with zero attached hydrogens (tertiary/aromatic N) is 2. The van der Waals surface area contributed by atoms with Crippen LogP contribution in [0.2, 0.25) is 0 Å². The summed E-state index contributed by atoms with van der Waals surface area (Å²) in [4.78, 5) is 0. The first-order chi connectivity index (χ1) is 25.3. The molecule has 3 aromatic heterocycles. The summed E-state index contributed by atoms with van der Waals surface area (Å²) in [6.07, 6.45) is 2.07. The minimum Gasteiger partial charge on any atom is -0.454 e. The molecule has 1 aliphatic rings. The van der Waals surface area contributed by atoms with Crippen molar-refractivity contribution in [3.05, 3.63) is 181 Å². The molecule has 1 aliphatic heterocycles. The zero-order valence-electron chi connectivity index (χ0n) is 27.6. The van der Waals surface area contributed by atoms with Gasteiger partial charge in [0.15, 0.2) is 11.9 Å². The fourth-order valence-electron chi connectivity index (χ4n) is 8.30. The summed E-state index contributed by atoms with van der Waals surface area (Å²) in [5, 5.41) is 14.9. The number of fused-ring (bicyclic) bond motifs is 10. The van der Waals surface area contributed by atoms with Crippen LogP contribution in [0, 0.1) is 0 Å². The van der Waals surface area contributed by atoms with Crippen LogP contribution in [0.4, 0.5) is 0 Å². The first-order valence-corrected chi connectivity index (χ1v) is 17.5. The molecule has 7 aromatic carbocycles. The van der Waals surface area contributed by atoms with Crippen LogP contribution in [0.5, 0.6) is 0 Å². The van der Waals surface area contributed by atoms with Crippen LogP contribution < -0.4 is 10.6 Å². The SMILES string of the molecule is C1=C(c2ccccc2)NC(n2c3ccccc3c3cc4c5ccc6c7ccccc7oc6c5n(-c5ccccc5)c4cc32)NC1c1ccccc1. The number of benzene rings is 7. The van der Waals surface area contributed by atoms with Crippen LogP contribution in [0.15, 0.2) is 174 Å². The van der Waals surface area contributed by atoms with E-state index in [1.807, 2.05) is 6.07 Å². The van der Waals surface area contributed by atoms with Gasteiger partial charge in [0.05, 0.1) is 28.1 Å². The van der Waals surface area contributed by atoms with E-state index < -0.39 is 0 Å². The van der Waals surface area contributed by atoms with Gasteiger partial charge in [0, 0.05) is 43.7 Å². The summed E-state index contributed by atoms with van der Waals surface area (Å²) in [6.45, 7) is 0. The molecule has 5 heteroatoms. The molecule has 0 radical (unpaired) electrons. The summed E-state index contributed by atoms with van der Waals surface area (Å²) < 4.78 is 11.5. The number of hydrogen-bond donors (Lipinski definition) is 2. The zero-order chi connectivity index (χ0) is 33.5. The topological polar surface area (TPSA) is 47.1 Å². The summed E-state index contributed by atoms with van der Waals surface area (Å²) in [5.74, 6) is 0. The van der Waals surface area contributed by atoms with E-state index in [-0.39, 0.29) is 12.3 Å². The summed E-state index contributed by atoms with van der Waals surface area (Å²) in [7, 11) is 0. The van der Waals surface area contributed by atoms with Crippen LogP contribution >= 0.6 is 0 Å². The maximum Gasteiger partial charge on any atom is 0.160 e. The van der Waals surface area contributed by atoms with Crippen molar-refractivity contribution >= 4 is 71.2 Å². The monoisotopic (exact) mass is 656 g/mol. The Morgan fingerprint density at radius 3 is 2.00 bits per heavy atom. The van der Waals surface area contributed by atoms with E-state index >= 15 is 0 Å². The Morgan fingerprint density at radius 2 is 1.18 bits per heavy atom. The minimum absolute atomic E-state index is 0.00439. The highest BCUT2D eigenvalue weighted by Gasteiger charge is 2.28. The van der Waals surface area contributed by atoms with Crippen LogP contribution in [-0.4, -0.2) is 9.13 Å². The highest BCUT2D eigenvalue weighted by atomic mass is 16.3. The van der Waals surface area contributed by atoms with Gasteiger partial charge in [-0.2, -0.15) is 0 Å². The van der Waals surface area contributed by atoms with Gasteiger partial charge >= 0.3 is 0 Å². The van der Waals surface area contributed by atoms with Gasteiger partial charge in [0.25, 0.3) is 0 Å². The molecule has 0 fully saturated rings. The van der Waals surface area contributed by atoms with Gasteiger partial charge in [-0.05, 0) is 59.7 Å². The zero-order valence-corrected chi connectivity index (χ0v) is 27.6. The van der Waals surface area contributed by atoms with E-state index in [0.717, 1.165) is 55.4 Å². The third-order valence-electron chi connectivity index (χ3n) is 10.6. The van der Waals surface area contributed by atoms with E-state index in [9.17, 15) is 0 Å². The number of aromatic nitrogens is 2. The molecule has 242 valence electrons. The third-order valence-corrected chi connectivity index (χ3v) is 10.6. The first kappa shape index (κ1) is 28.3. The van der Waals surface area contributed by atoms with Crippen molar-refractivity contribution in [1.82, 2.24) is 19.8 Å². The number of nitrogens with one attached hydrogen (secondary N) is 2. The lowest BCUT2D eigenvalue weighted by molar-refractivity contribution is 0.350. The fourth-order valence-corrected chi connectivity index (χ4v) is 8.30. The Balaban J connectivity index is 1.21. The van der Waals surface area contributed by atoms with Gasteiger partial charge in [-0.3, -0.25) is 5.32 Å². The minimum atomic E-state index is -0.230. The maximum absolute atomic E-state index is 6.68.